The maximum Gasteiger partial charge on any atom is 0.247 e. The molecule has 5 heteroatoms. The van der Waals surface area contributed by atoms with Crippen LogP contribution in [-0.4, -0.2) is 47.5 Å². The van der Waals surface area contributed by atoms with Crippen molar-refractivity contribution in [1.82, 2.24) is 9.34 Å². The minimum atomic E-state index is -2.45. The Hall–Kier alpha value is 0.110. The molecule has 0 aromatic heterocycles. The molecule has 0 N–H and O–H groups in total. The number of ether oxygens (including phenoxy) is 1. The lowest BCUT2D eigenvalue weighted by Gasteiger charge is -2.35. The quantitative estimate of drug-likeness (QED) is 0.566. The number of rotatable bonds is 3. The summed E-state index contributed by atoms with van der Waals surface area (Å²) in [5.41, 5.74) is 0. The Morgan fingerprint density at radius 1 is 1.19 bits per heavy atom. The lowest BCUT2D eigenvalue weighted by molar-refractivity contribution is 0.342. The molecule has 0 bridgehead atoms. The van der Waals surface area contributed by atoms with Crippen LogP contribution in [0.5, 0.6) is 0 Å². The van der Waals surface area contributed by atoms with Gasteiger partial charge in [-0.25, -0.2) is 9.34 Å². The van der Waals surface area contributed by atoms with Crippen molar-refractivity contribution in [3.8, 4) is 0 Å². The molecule has 0 aromatic carbocycles. The summed E-state index contributed by atoms with van der Waals surface area (Å²) in [5.74, 6) is -0.0366. The van der Waals surface area contributed by atoms with Gasteiger partial charge in [-0.05, 0) is 19.8 Å². The van der Waals surface area contributed by atoms with Gasteiger partial charge in [0.05, 0.1) is 6.10 Å². The van der Waals surface area contributed by atoms with Gasteiger partial charge < -0.3 is 4.74 Å². The fraction of sp³-hybridized carbons (Fsp3) is 1.00. The Morgan fingerprint density at radius 3 is 1.94 bits per heavy atom. The number of hydrogen-bond acceptors (Lipinski definition) is 2. The largest absolute Gasteiger partial charge is 0.359 e. The van der Waals surface area contributed by atoms with Crippen LogP contribution in [0.3, 0.4) is 0 Å². The second-order valence-corrected chi connectivity index (χ2v) is 7.44. The monoisotopic (exact) mass is 246 g/mol. The van der Waals surface area contributed by atoms with Crippen LogP contribution < -0.4 is 0 Å². The van der Waals surface area contributed by atoms with Crippen LogP contribution >= 0.6 is 7.44 Å². The predicted molar refractivity (Wildman–Crippen MR) is 65.7 cm³/mol. The van der Waals surface area contributed by atoms with E-state index in [-0.39, 0.29) is 11.9 Å². The van der Waals surface area contributed by atoms with Crippen molar-refractivity contribution in [2.75, 3.05) is 26.2 Å². The van der Waals surface area contributed by atoms with Gasteiger partial charge in [-0.15, -0.1) is 0 Å². The summed E-state index contributed by atoms with van der Waals surface area (Å²) < 4.78 is 23.1. The molecule has 0 unspecified atom stereocenters. The number of epoxide rings is 1. The van der Waals surface area contributed by atoms with E-state index in [1.165, 1.54) is 0 Å². The maximum absolute atomic E-state index is 13.3. The number of hydrogen-bond donors (Lipinski definition) is 0. The molecule has 94 valence electrons. The van der Waals surface area contributed by atoms with Crippen LogP contribution in [0.15, 0.2) is 0 Å². The van der Waals surface area contributed by atoms with Gasteiger partial charge in [0.2, 0.25) is 7.44 Å². The average Bonchev–Trinajstić information content (AvgIpc) is 3.02. The SMILES string of the molecule is CCN1CCCCN(CC)P1(=O)[C@@H]1O[C@@H]1C. The van der Waals surface area contributed by atoms with Crippen molar-refractivity contribution >= 4 is 7.44 Å². The molecular weight excluding hydrogens is 223 g/mol. The van der Waals surface area contributed by atoms with Crippen LogP contribution in [0.4, 0.5) is 0 Å². The first-order valence-corrected chi connectivity index (χ1v) is 8.08. The molecular formula is C11H23N2O2P. The molecule has 2 fully saturated rings. The molecule has 0 aliphatic carbocycles. The Balaban J connectivity index is 2.27. The van der Waals surface area contributed by atoms with E-state index in [9.17, 15) is 4.57 Å². The highest BCUT2D eigenvalue weighted by Gasteiger charge is 2.55. The fourth-order valence-corrected chi connectivity index (χ4v) is 6.19. The third-order valence-corrected chi connectivity index (χ3v) is 7.42. The molecule has 2 saturated heterocycles. The summed E-state index contributed by atoms with van der Waals surface area (Å²) >= 11 is 0. The molecule has 0 amide bonds. The second kappa shape index (κ2) is 4.77. The summed E-state index contributed by atoms with van der Waals surface area (Å²) in [6.45, 7) is 9.85. The van der Waals surface area contributed by atoms with Crippen LogP contribution in [0.25, 0.3) is 0 Å². The predicted octanol–water partition coefficient (Wildman–Crippen LogP) is 2.36. The molecule has 2 aliphatic heterocycles. The standard InChI is InChI=1S/C11H23N2O2P/c1-4-12-8-6-7-9-13(5-2)16(12,14)11-10(3)15-11/h10-11H,4-9H2,1-3H3/t10-,11+/m1/s1. The van der Waals surface area contributed by atoms with Crippen LogP contribution in [-0.2, 0) is 9.30 Å². The lowest BCUT2D eigenvalue weighted by Crippen LogP contribution is -2.33. The van der Waals surface area contributed by atoms with Gasteiger partial charge in [0, 0.05) is 26.2 Å². The van der Waals surface area contributed by atoms with E-state index < -0.39 is 7.44 Å². The fourth-order valence-electron chi connectivity index (χ4n) is 2.62. The van der Waals surface area contributed by atoms with Crippen LogP contribution in [0, 0.1) is 0 Å². The molecule has 2 atom stereocenters. The van der Waals surface area contributed by atoms with Gasteiger partial charge in [0.15, 0.2) is 5.85 Å². The van der Waals surface area contributed by atoms with Crippen molar-refractivity contribution in [3.05, 3.63) is 0 Å². The highest BCUT2D eigenvalue weighted by Crippen LogP contribution is 2.65. The highest BCUT2D eigenvalue weighted by atomic mass is 31.2. The number of nitrogens with zero attached hydrogens (tertiary/aromatic N) is 2. The Bertz CT molecular complexity index is 280. The first-order chi connectivity index (χ1) is 7.64. The Kier molecular flexibility index (Phi) is 3.75. The van der Waals surface area contributed by atoms with E-state index in [2.05, 4.69) is 23.2 Å². The third kappa shape index (κ3) is 1.97. The first kappa shape index (κ1) is 12.6. The zero-order valence-corrected chi connectivity index (χ0v) is 11.4. The van der Waals surface area contributed by atoms with E-state index in [0.29, 0.717) is 0 Å². The van der Waals surface area contributed by atoms with Crippen LogP contribution in [0.2, 0.25) is 0 Å². The van der Waals surface area contributed by atoms with Gasteiger partial charge in [0.1, 0.15) is 0 Å². The minimum Gasteiger partial charge on any atom is -0.359 e. The normalized spacial score (nSPS) is 35.9. The summed E-state index contributed by atoms with van der Waals surface area (Å²) in [5, 5.41) is 0. The summed E-state index contributed by atoms with van der Waals surface area (Å²) in [6.07, 6.45) is 2.47. The zero-order chi connectivity index (χ0) is 11.8. The molecule has 0 radical (unpaired) electrons. The van der Waals surface area contributed by atoms with Crippen molar-refractivity contribution in [1.29, 1.82) is 0 Å². The smallest absolute Gasteiger partial charge is 0.247 e. The molecule has 4 nitrogen and oxygen atoms in total. The molecule has 0 spiro atoms. The summed E-state index contributed by atoms with van der Waals surface area (Å²) in [4.78, 5) is 0. The van der Waals surface area contributed by atoms with Crippen molar-refractivity contribution in [2.24, 2.45) is 0 Å². The van der Waals surface area contributed by atoms with Crippen LogP contribution in [0.1, 0.15) is 33.6 Å². The molecule has 16 heavy (non-hydrogen) atoms. The van der Waals surface area contributed by atoms with Gasteiger partial charge >= 0.3 is 0 Å². The molecule has 2 heterocycles. The van der Waals surface area contributed by atoms with Gasteiger partial charge in [-0.1, -0.05) is 13.8 Å². The van der Waals surface area contributed by atoms with E-state index >= 15 is 0 Å². The summed E-state index contributed by atoms with van der Waals surface area (Å²) in [6, 6.07) is 0. The van der Waals surface area contributed by atoms with E-state index in [0.717, 1.165) is 39.0 Å². The van der Waals surface area contributed by atoms with E-state index in [4.69, 9.17) is 4.74 Å². The van der Waals surface area contributed by atoms with Gasteiger partial charge in [-0.2, -0.15) is 0 Å². The Labute approximate surface area is 98.4 Å². The molecule has 0 aromatic rings. The molecule has 2 rings (SSSR count). The van der Waals surface area contributed by atoms with Crippen molar-refractivity contribution < 1.29 is 9.30 Å². The highest BCUT2D eigenvalue weighted by molar-refractivity contribution is 7.60. The average molecular weight is 246 g/mol. The zero-order valence-electron chi connectivity index (χ0n) is 10.6. The van der Waals surface area contributed by atoms with Crippen molar-refractivity contribution in [3.63, 3.8) is 0 Å². The van der Waals surface area contributed by atoms with E-state index in [1.807, 2.05) is 6.92 Å². The van der Waals surface area contributed by atoms with Crippen molar-refractivity contribution in [2.45, 2.75) is 45.6 Å². The van der Waals surface area contributed by atoms with Gasteiger partial charge in [0.25, 0.3) is 0 Å². The molecule has 0 saturated carbocycles. The molecule has 2 aliphatic rings. The second-order valence-electron chi connectivity index (χ2n) is 4.62. The topological polar surface area (TPSA) is 36.1 Å². The minimum absolute atomic E-state index is 0.0366. The Morgan fingerprint density at radius 2 is 1.62 bits per heavy atom. The van der Waals surface area contributed by atoms with Gasteiger partial charge in [-0.3, -0.25) is 4.57 Å². The summed E-state index contributed by atoms with van der Waals surface area (Å²) in [7, 11) is -2.45. The van der Waals surface area contributed by atoms with E-state index in [1.54, 1.807) is 0 Å². The first-order valence-electron chi connectivity index (χ1n) is 6.40. The maximum atomic E-state index is 13.3. The lowest BCUT2D eigenvalue weighted by atomic mass is 10.3. The third-order valence-electron chi connectivity index (χ3n) is 3.63.